The number of ether oxygens (including phenoxy) is 2. The number of fused-ring (bicyclic) bond motifs is 2. The van der Waals surface area contributed by atoms with Crippen molar-refractivity contribution in [2.24, 2.45) is 5.92 Å². The van der Waals surface area contributed by atoms with Crippen LogP contribution in [0.2, 0.25) is 0 Å². The predicted molar refractivity (Wildman–Crippen MR) is 101 cm³/mol. The quantitative estimate of drug-likeness (QED) is 0.875. The van der Waals surface area contributed by atoms with Crippen molar-refractivity contribution in [2.75, 3.05) is 45.7 Å². The summed E-state index contributed by atoms with van der Waals surface area (Å²) < 4.78 is 11.0. The lowest BCUT2D eigenvalue weighted by Crippen LogP contribution is -2.49. The summed E-state index contributed by atoms with van der Waals surface area (Å²) in [6.07, 6.45) is 3.37. The summed E-state index contributed by atoms with van der Waals surface area (Å²) in [7, 11) is 3.36. The van der Waals surface area contributed by atoms with E-state index in [-0.39, 0.29) is 0 Å². The first-order valence-corrected chi connectivity index (χ1v) is 9.27. The van der Waals surface area contributed by atoms with Gasteiger partial charge in [-0.3, -0.25) is 4.98 Å². The van der Waals surface area contributed by atoms with Gasteiger partial charge in [-0.25, -0.2) is 0 Å². The van der Waals surface area contributed by atoms with Crippen molar-refractivity contribution in [3.8, 4) is 11.5 Å². The zero-order valence-electron chi connectivity index (χ0n) is 15.4. The van der Waals surface area contributed by atoms with E-state index in [1.807, 2.05) is 6.07 Å². The monoisotopic (exact) mass is 341 g/mol. The molecule has 2 aromatic rings. The van der Waals surface area contributed by atoms with Crippen molar-refractivity contribution in [3.63, 3.8) is 0 Å². The largest absolute Gasteiger partial charge is 0.493 e. The van der Waals surface area contributed by atoms with Gasteiger partial charge < -0.3 is 19.7 Å². The number of aromatic nitrogens is 1. The van der Waals surface area contributed by atoms with Gasteiger partial charge in [0, 0.05) is 48.4 Å². The van der Waals surface area contributed by atoms with Crippen molar-refractivity contribution >= 4 is 16.6 Å². The number of benzene rings is 1. The zero-order valence-corrected chi connectivity index (χ0v) is 15.4. The summed E-state index contributed by atoms with van der Waals surface area (Å²) in [6, 6.07) is 4.07. The Balaban J connectivity index is 1.70. The molecule has 4 rings (SSSR count). The molecule has 1 fully saturated rings. The minimum Gasteiger partial charge on any atom is -0.493 e. The maximum absolute atomic E-state index is 5.52. The summed E-state index contributed by atoms with van der Waals surface area (Å²) >= 11 is 0. The van der Waals surface area contributed by atoms with Gasteiger partial charge in [-0.05, 0) is 37.4 Å². The number of nitrogens with one attached hydrogen (secondary N) is 1. The Labute approximate surface area is 149 Å². The Bertz CT molecular complexity index is 784. The standard InChI is InChI=1S/C20H27N3O2/c1-4-23-11-13(12-23)10-21-20-14-6-5-7-16(14)22-17-9-19(25-3)18(24-2)8-15(17)20/h8-9,13H,4-7,10-12H2,1-3H3,(H,21,22). The van der Waals surface area contributed by atoms with Crippen LogP contribution in [-0.4, -0.2) is 50.3 Å². The third-order valence-corrected chi connectivity index (χ3v) is 5.56. The molecule has 0 atom stereocenters. The summed E-state index contributed by atoms with van der Waals surface area (Å²) in [5.41, 5.74) is 4.88. The summed E-state index contributed by atoms with van der Waals surface area (Å²) in [5.74, 6) is 2.24. The maximum Gasteiger partial charge on any atom is 0.162 e. The molecule has 134 valence electrons. The molecule has 0 saturated carbocycles. The fraction of sp³-hybridized carbons (Fsp3) is 0.550. The molecule has 1 saturated heterocycles. The molecule has 2 heterocycles. The zero-order chi connectivity index (χ0) is 17.4. The molecule has 0 bridgehead atoms. The first-order chi connectivity index (χ1) is 12.2. The highest BCUT2D eigenvalue weighted by Gasteiger charge is 2.26. The van der Waals surface area contributed by atoms with Crippen LogP contribution in [0.1, 0.15) is 24.6 Å². The minimum atomic E-state index is 0.736. The van der Waals surface area contributed by atoms with E-state index in [1.54, 1.807) is 14.2 Å². The molecular weight excluding hydrogens is 314 g/mol. The molecule has 0 amide bonds. The van der Waals surface area contributed by atoms with E-state index in [2.05, 4.69) is 23.2 Å². The van der Waals surface area contributed by atoms with Gasteiger partial charge in [0.05, 0.1) is 19.7 Å². The van der Waals surface area contributed by atoms with E-state index in [1.165, 1.54) is 36.5 Å². The normalized spacial score (nSPS) is 17.4. The lowest BCUT2D eigenvalue weighted by atomic mass is 9.99. The fourth-order valence-corrected chi connectivity index (χ4v) is 4.10. The number of rotatable bonds is 6. The fourth-order valence-electron chi connectivity index (χ4n) is 4.10. The summed E-state index contributed by atoms with van der Waals surface area (Å²) in [6.45, 7) is 6.81. The number of nitrogens with zero attached hydrogens (tertiary/aromatic N) is 2. The Morgan fingerprint density at radius 2 is 1.92 bits per heavy atom. The van der Waals surface area contributed by atoms with E-state index in [0.29, 0.717) is 0 Å². The van der Waals surface area contributed by atoms with Crippen LogP contribution in [-0.2, 0) is 12.8 Å². The van der Waals surface area contributed by atoms with Crippen molar-refractivity contribution in [2.45, 2.75) is 26.2 Å². The molecule has 0 unspecified atom stereocenters. The van der Waals surface area contributed by atoms with E-state index in [0.717, 1.165) is 54.3 Å². The number of aryl methyl sites for hydroxylation is 1. The van der Waals surface area contributed by atoms with E-state index in [9.17, 15) is 0 Å². The van der Waals surface area contributed by atoms with Crippen LogP contribution in [0.3, 0.4) is 0 Å². The van der Waals surface area contributed by atoms with Gasteiger partial charge in [0.2, 0.25) is 0 Å². The van der Waals surface area contributed by atoms with Gasteiger partial charge in [-0.1, -0.05) is 6.92 Å². The van der Waals surface area contributed by atoms with Crippen LogP contribution in [0.15, 0.2) is 12.1 Å². The van der Waals surface area contributed by atoms with Gasteiger partial charge in [0.1, 0.15) is 0 Å². The highest BCUT2D eigenvalue weighted by atomic mass is 16.5. The molecule has 1 aliphatic carbocycles. The second-order valence-corrected chi connectivity index (χ2v) is 7.09. The number of hydrogen-bond donors (Lipinski definition) is 1. The SMILES string of the molecule is CCN1CC(CNc2c3c(nc4cc(OC)c(OC)cc24)CCC3)C1. The van der Waals surface area contributed by atoms with Crippen LogP contribution in [0, 0.1) is 5.92 Å². The second-order valence-electron chi connectivity index (χ2n) is 7.09. The smallest absolute Gasteiger partial charge is 0.162 e. The van der Waals surface area contributed by atoms with Crippen molar-refractivity contribution in [1.29, 1.82) is 0 Å². The van der Waals surface area contributed by atoms with E-state index in [4.69, 9.17) is 14.5 Å². The van der Waals surface area contributed by atoms with E-state index < -0.39 is 0 Å². The van der Waals surface area contributed by atoms with Gasteiger partial charge in [0.25, 0.3) is 0 Å². The highest BCUT2D eigenvalue weighted by Crippen LogP contribution is 2.39. The maximum atomic E-state index is 5.52. The molecule has 0 radical (unpaired) electrons. The number of hydrogen-bond acceptors (Lipinski definition) is 5. The average Bonchev–Trinajstić information content (AvgIpc) is 3.06. The Hall–Kier alpha value is -2.01. The average molecular weight is 341 g/mol. The van der Waals surface area contributed by atoms with Gasteiger partial charge >= 0.3 is 0 Å². The number of pyridine rings is 1. The number of anilines is 1. The number of methoxy groups -OCH3 is 2. The Morgan fingerprint density at radius 1 is 1.16 bits per heavy atom. The topological polar surface area (TPSA) is 46.6 Å². The third kappa shape index (κ3) is 2.91. The predicted octanol–water partition coefficient (Wildman–Crippen LogP) is 3.10. The van der Waals surface area contributed by atoms with Gasteiger partial charge in [0.15, 0.2) is 11.5 Å². The molecule has 0 spiro atoms. The molecule has 5 nitrogen and oxygen atoms in total. The number of likely N-dealkylation sites (tertiary alicyclic amines) is 1. The van der Waals surface area contributed by atoms with Crippen molar-refractivity contribution < 1.29 is 9.47 Å². The Kier molecular flexibility index (Phi) is 4.42. The highest BCUT2D eigenvalue weighted by molar-refractivity contribution is 5.96. The van der Waals surface area contributed by atoms with Gasteiger partial charge in [-0.15, -0.1) is 0 Å². The second kappa shape index (κ2) is 6.71. The van der Waals surface area contributed by atoms with Crippen LogP contribution < -0.4 is 14.8 Å². The first kappa shape index (κ1) is 16.5. The molecule has 1 N–H and O–H groups in total. The molecule has 1 aromatic heterocycles. The first-order valence-electron chi connectivity index (χ1n) is 9.27. The minimum absolute atomic E-state index is 0.736. The lowest BCUT2D eigenvalue weighted by molar-refractivity contribution is 0.116. The summed E-state index contributed by atoms with van der Waals surface area (Å²) in [5, 5.41) is 4.90. The van der Waals surface area contributed by atoms with E-state index >= 15 is 0 Å². The molecule has 25 heavy (non-hydrogen) atoms. The summed E-state index contributed by atoms with van der Waals surface area (Å²) in [4.78, 5) is 7.38. The molecule has 5 heteroatoms. The van der Waals surface area contributed by atoms with Gasteiger partial charge in [-0.2, -0.15) is 0 Å². The molecule has 1 aliphatic heterocycles. The molecule has 1 aromatic carbocycles. The van der Waals surface area contributed by atoms with Crippen molar-refractivity contribution in [3.05, 3.63) is 23.4 Å². The van der Waals surface area contributed by atoms with Crippen LogP contribution in [0.4, 0.5) is 5.69 Å². The van der Waals surface area contributed by atoms with Crippen molar-refractivity contribution in [1.82, 2.24) is 9.88 Å². The lowest BCUT2D eigenvalue weighted by Gasteiger charge is -2.39. The Morgan fingerprint density at radius 3 is 2.64 bits per heavy atom. The van der Waals surface area contributed by atoms with Crippen LogP contribution in [0.25, 0.3) is 10.9 Å². The third-order valence-electron chi connectivity index (χ3n) is 5.56. The molecule has 2 aliphatic rings. The van der Waals surface area contributed by atoms with Crippen LogP contribution >= 0.6 is 0 Å². The molecular formula is C20H27N3O2. The van der Waals surface area contributed by atoms with Crippen LogP contribution in [0.5, 0.6) is 11.5 Å².